The smallest absolute Gasteiger partial charge is 0.358 e. The standard InChI is InChI=1S/C10H13N3O2/c1-5-12-8(10(14)15-2)9-7-3-6(4-11-7)13(5)9/h6-7,11H,3-4H2,1-2H3/t6-,7-/m0/s1. The van der Waals surface area contributed by atoms with Crippen molar-refractivity contribution in [3.8, 4) is 0 Å². The van der Waals surface area contributed by atoms with E-state index in [9.17, 15) is 4.79 Å². The summed E-state index contributed by atoms with van der Waals surface area (Å²) in [6, 6.07) is 0.751. The van der Waals surface area contributed by atoms with Gasteiger partial charge in [0.15, 0.2) is 5.69 Å². The van der Waals surface area contributed by atoms with Crippen LogP contribution in [0.3, 0.4) is 0 Å². The van der Waals surface area contributed by atoms with Crippen molar-refractivity contribution in [3.63, 3.8) is 0 Å². The molecule has 3 rings (SSSR count). The van der Waals surface area contributed by atoms with Crippen LogP contribution in [0.2, 0.25) is 0 Å². The SMILES string of the molecule is COC(=O)c1nc(C)n2c1[C@@H]1C[C@H]2CN1. The second-order valence-electron chi connectivity index (χ2n) is 4.10. The second-order valence-corrected chi connectivity index (χ2v) is 4.10. The third kappa shape index (κ3) is 1.01. The molecule has 0 radical (unpaired) electrons. The van der Waals surface area contributed by atoms with Gasteiger partial charge in [-0.3, -0.25) is 0 Å². The fourth-order valence-electron chi connectivity index (χ4n) is 2.72. The Balaban J connectivity index is 2.16. The molecule has 5 nitrogen and oxygen atoms in total. The molecule has 2 bridgehead atoms. The molecule has 2 aliphatic rings. The van der Waals surface area contributed by atoms with Crippen LogP contribution in [0.1, 0.15) is 40.5 Å². The van der Waals surface area contributed by atoms with E-state index < -0.39 is 0 Å². The number of imidazole rings is 1. The number of esters is 1. The molecule has 1 N–H and O–H groups in total. The molecule has 3 heterocycles. The van der Waals surface area contributed by atoms with Gasteiger partial charge in [-0.2, -0.15) is 0 Å². The lowest BCUT2D eigenvalue weighted by atomic mass is 10.1. The minimum Gasteiger partial charge on any atom is -0.464 e. The molecule has 0 amide bonds. The zero-order chi connectivity index (χ0) is 10.6. The molecule has 0 unspecified atom stereocenters. The van der Waals surface area contributed by atoms with Crippen molar-refractivity contribution < 1.29 is 9.53 Å². The van der Waals surface area contributed by atoms with Gasteiger partial charge in [0, 0.05) is 12.6 Å². The summed E-state index contributed by atoms with van der Waals surface area (Å²) in [6.07, 6.45) is 1.07. The van der Waals surface area contributed by atoms with Crippen LogP contribution in [0.15, 0.2) is 0 Å². The predicted octanol–water partition coefficient (Wildman–Crippen LogP) is 0.567. The predicted molar refractivity (Wildman–Crippen MR) is 52.7 cm³/mol. The summed E-state index contributed by atoms with van der Waals surface area (Å²) in [5.74, 6) is 0.584. The Bertz CT molecular complexity index is 438. The highest BCUT2D eigenvalue weighted by atomic mass is 16.5. The van der Waals surface area contributed by atoms with Gasteiger partial charge in [0.1, 0.15) is 5.82 Å². The third-order valence-corrected chi connectivity index (χ3v) is 3.31. The first kappa shape index (κ1) is 8.91. The first-order chi connectivity index (χ1) is 7.22. The monoisotopic (exact) mass is 207 g/mol. The van der Waals surface area contributed by atoms with Crippen molar-refractivity contribution in [2.75, 3.05) is 13.7 Å². The summed E-state index contributed by atoms with van der Waals surface area (Å²) in [5, 5.41) is 3.38. The van der Waals surface area contributed by atoms with Gasteiger partial charge in [0.2, 0.25) is 0 Å². The number of aromatic nitrogens is 2. The van der Waals surface area contributed by atoms with Crippen molar-refractivity contribution >= 4 is 5.97 Å². The molecule has 0 saturated carbocycles. The minimum absolute atomic E-state index is 0.283. The van der Waals surface area contributed by atoms with Gasteiger partial charge in [-0.15, -0.1) is 0 Å². The summed E-state index contributed by atoms with van der Waals surface area (Å²) in [6.45, 7) is 2.92. The molecule has 0 aromatic carbocycles. The van der Waals surface area contributed by atoms with Gasteiger partial charge in [0.25, 0.3) is 0 Å². The zero-order valence-corrected chi connectivity index (χ0v) is 8.78. The molecule has 0 aliphatic carbocycles. The average Bonchev–Trinajstić information content (AvgIpc) is 2.89. The topological polar surface area (TPSA) is 56.1 Å². The Labute approximate surface area is 87.4 Å². The number of rotatable bonds is 1. The van der Waals surface area contributed by atoms with E-state index in [1.54, 1.807) is 0 Å². The molecule has 1 aromatic heterocycles. The maximum absolute atomic E-state index is 11.5. The number of fused-ring (bicyclic) bond motifs is 5. The third-order valence-electron chi connectivity index (χ3n) is 3.31. The van der Waals surface area contributed by atoms with Gasteiger partial charge in [0.05, 0.1) is 18.8 Å². The lowest BCUT2D eigenvalue weighted by Gasteiger charge is -2.16. The van der Waals surface area contributed by atoms with Gasteiger partial charge < -0.3 is 14.6 Å². The fourth-order valence-corrected chi connectivity index (χ4v) is 2.72. The van der Waals surface area contributed by atoms with E-state index in [2.05, 4.69) is 14.9 Å². The Kier molecular flexibility index (Phi) is 1.68. The van der Waals surface area contributed by atoms with Crippen molar-refractivity contribution in [3.05, 3.63) is 17.2 Å². The van der Waals surface area contributed by atoms with Crippen LogP contribution in [0.4, 0.5) is 0 Å². The molecule has 1 fully saturated rings. The van der Waals surface area contributed by atoms with Gasteiger partial charge in [-0.05, 0) is 13.3 Å². The highest BCUT2D eigenvalue weighted by Gasteiger charge is 2.41. The quantitative estimate of drug-likeness (QED) is 0.684. The second kappa shape index (κ2) is 2.82. The number of carbonyl (C=O) groups excluding carboxylic acids is 1. The number of nitrogens with one attached hydrogen (secondary N) is 1. The summed E-state index contributed by atoms with van der Waals surface area (Å²) < 4.78 is 6.91. The van der Waals surface area contributed by atoms with Gasteiger partial charge >= 0.3 is 5.97 Å². The van der Waals surface area contributed by atoms with Gasteiger partial charge in [-0.25, -0.2) is 9.78 Å². The summed E-state index contributed by atoms with van der Waals surface area (Å²) >= 11 is 0. The highest BCUT2D eigenvalue weighted by molar-refractivity contribution is 5.89. The fraction of sp³-hybridized carbons (Fsp3) is 0.600. The van der Waals surface area contributed by atoms with Crippen LogP contribution in [-0.4, -0.2) is 29.2 Å². The van der Waals surface area contributed by atoms with Gasteiger partial charge in [-0.1, -0.05) is 0 Å². The van der Waals surface area contributed by atoms with Crippen LogP contribution >= 0.6 is 0 Å². The Hall–Kier alpha value is -1.36. The molecule has 1 aromatic rings. The molecule has 15 heavy (non-hydrogen) atoms. The summed E-state index contributed by atoms with van der Waals surface area (Å²) in [5.41, 5.74) is 1.49. The molecule has 80 valence electrons. The average molecular weight is 207 g/mol. The van der Waals surface area contributed by atoms with E-state index in [0.29, 0.717) is 11.7 Å². The van der Waals surface area contributed by atoms with Crippen molar-refractivity contribution in [2.24, 2.45) is 0 Å². The Morgan fingerprint density at radius 3 is 3.20 bits per heavy atom. The van der Waals surface area contributed by atoms with E-state index >= 15 is 0 Å². The van der Waals surface area contributed by atoms with E-state index in [1.807, 2.05) is 6.92 Å². The van der Waals surface area contributed by atoms with Crippen LogP contribution < -0.4 is 5.32 Å². The lowest BCUT2D eigenvalue weighted by molar-refractivity contribution is 0.0592. The summed E-state index contributed by atoms with van der Waals surface area (Å²) in [4.78, 5) is 15.8. The number of hydrogen-bond donors (Lipinski definition) is 1. The number of aryl methyl sites for hydroxylation is 1. The molecule has 0 spiro atoms. The number of ether oxygens (including phenoxy) is 1. The number of hydrogen-bond acceptors (Lipinski definition) is 4. The molecular formula is C10H13N3O2. The molecule has 2 atom stereocenters. The number of nitrogens with zero attached hydrogens (tertiary/aromatic N) is 2. The molecule has 2 aliphatic heterocycles. The molecule has 5 heteroatoms. The van der Waals surface area contributed by atoms with Crippen LogP contribution in [0, 0.1) is 6.92 Å². The van der Waals surface area contributed by atoms with E-state index in [1.165, 1.54) is 7.11 Å². The highest BCUT2D eigenvalue weighted by Crippen LogP contribution is 2.41. The first-order valence-electron chi connectivity index (χ1n) is 5.12. The molecular weight excluding hydrogens is 194 g/mol. The Morgan fingerprint density at radius 1 is 1.67 bits per heavy atom. The zero-order valence-electron chi connectivity index (χ0n) is 8.78. The van der Waals surface area contributed by atoms with E-state index in [-0.39, 0.29) is 12.0 Å². The normalized spacial score (nSPS) is 26.8. The minimum atomic E-state index is -0.332. The molecule has 1 saturated heterocycles. The van der Waals surface area contributed by atoms with Crippen molar-refractivity contribution in [1.29, 1.82) is 0 Å². The lowest BCUT2D eigenvalue weighted by Crippen LogP contribution is -2.25. The largest absolute Gasteiger partial charge is 0.464 e. The van der Waals surface area contributed by atoms with E-state index in [0.717, 1.165) is 24.5 Å². The maximum atomic E-state index is 11.5. The maximum Gasteiger partial charge on any atom is 0.358 e. The summed E-state index contributed by atoms with van der Waals surface area (Å²) in [7, 11) is 1.39. The van der Waals surface area contributed by atoms with E-state index in [4.69, 9.17) is 4.74 Å². The van der Waals surface area contributed by atoms with Crippen molar-refractivity contribution in [1.82, 2.24) is 14.9 Å². The number of carbonyl (C=O) groups is 1. The Morgan fingerprint density at radius 2 is 2.47 bits per heavy atom. The van der Waals surface area contributed by atoms with Crippen LogP contribution in [-0.2, 0) is 4.74 Å². The first-order valence-corrected chi connectivity index (χ1v) is 5.12. The number of methoxy groups -OCH3 is 1. The van der Waals surface area contributed by atoms with Crippen LogP contribution in [0.5, 0.6) is 0 Å². The van der Waals surface area contributed by atoms with Crippen molar-refractivity contribution in [2.45, 2.75) is 25.4 Å². The van der Waals surface area contributed by atoms with Crippen LogP contribution in [0.25, 0.3) is 0 Å².